The molecule has 7 nitrogen and oxygen atoms in total. The maximum Gasteiger partial charge on any atom is 0.334 e. The second-order valence-corrected chi connectivity index (χ2v) is 7.23. The topological polar surface area (TPSA) is 129 Å². The average Bonchev–Trinajstić information content (AvgIpc) is 2.76. The first kappa shape index (κ1) is 24.0. The zero-order valence-corrected chi connectivity index (χ0v) is 18.1. The van der Waals surface area contributed by atoms with Crippen LogP contribution in [0.3, 0.4) is 0 Å². The number of rotatable bonds is 12. The molecule has 0 aliphatic carbocycles. The van der Waals surface area contributed by atoms with Gasteiger partial charge in [0, 0.05) is 16.8 Å². The molecule has 1 unspecified atom stereocenters. The van der Waals surface area contributed by atoms with Gasteiger partial charge < -0.3 is 26.0 Å². The van der Waals surface area contributed by atoms with E-state index in [1.165, 1.54) is 0 Å². The summed E-state index contributed by atoms with van der Waals surface area (Å²) in [5, 5.41) is 30.4. The smallest absolute Gasteiger partial charge is 0.334 e. The third-order valence-electron chi connectivity index (χ3n) is 5.24. The fourth-order valence-corrected chi connectivity index (χ4v) is 3.55. The second-order valence-electron chi connectivity index (χ2n) is 7.23. The van der Waals surface area contributed by atoms with Crippen molar-refractivity contribution in [3.05, 3.63) is 71.3 Å². The normalized spacial score (nSPS) is 12.6. The zero-order valence-electron chi connectivity index (χ0n) is 18.1. The molecule has 31 heavy (non-hydrogen) atoms. The first-order valence-electron chi connectivity index (χ1n) is 10.3. The number of aliphatic hydroxyl groups is 1. The number of anilines is 1. The number of allylic oxidation sites excluding steroid dienone is 1. The SMILES string of the molecule is C=CCc1cc(CC)cc(C(CC)(Nc2ccc(C(=N)N)cc2)C(=O)O)c1OCCO. The van der Waals surface area contributed by atoms with E-state index in [9.17, 15) is 15.0 Å². The number of nitrogen functional groups attached to an aromatic ring is 1. The number of nitrogens with one attached hydrogen (secondary N) is 2. The van der Waals surface area contributed by atoms with Crippen LogP contribution in [0.2, 0.25) is 0 Å². The molecular formula is C24H31N3O4. The molecule has 0 fully saturated rings. The van der Waals surface area contributed by atoms with Crippen molar-refractivity contribution >= 4 is 17.5 Å². The van der Waals surface area contributed by atoms with Crippen LogP contribution in [0.1, 0.15) is 42.5 Å². The highest BCUT2D eigenvalue weighted by molar-refractivity contribution is 5.95. The van der Waals surface area contributed by atoms with Gasteiger partial charge in [0.1, 0.15) is 18.2 Å². The van der Waals surface area contributed by atoms with Crippen molar-refractivity contribution < 1.29 is 19.7 Å². The zero-order chi connectivity index (χ0) is 23.0. The molecule has 2 aromatic rings. The van der Waals surface area contributed by atoms with E-state index in [0.29, 0.717) is 29.0 Å². The Kier molecular flexibility index (Phi) is 8.22. The predicted octanol–water partition coefficient (Wildman–Crippen LogP) is 3.43. The van der Waals surface area contributed by atoms with E-state index in [2.05, 4.69) is 11.9 Å². The van der Waals surface area contributed by atoms with E-state index >= 15 is 0 Å². The molecule has 0 heterocycles. The fraction of sp³-hybridized carbons (Fsp3) is 0.333. The summed E-state index contributed by atoms with van der Waals surface area (Å²) in [5.74, 6) is -0.656. The highest BCUT2D eigenvalue weighted by Crippen LogP contribution is 2.40. The molecule has 166 valence electrons. The highest BCUT2D eigenvalue weighted by Gasteiger charge is 2.42. The number of nitrogens with two attached hydrogens (primary N) is 1. The van der Waals surface area contributed by atoms with Gasteiger partial charge in [-0.25, -0.2) is 4.79 Å². The summed E-state index contributed by atoms with van der Waals surface area (Å²) in [6, 6.07) is 10.6. The molecule has 0 spiro atoms. The molecule has 0 amide bonds. The van der Waals surface area contributed by atoms with Crippen LogP contribution in [0.5, 0.6) is 5.75 Å². The van der Waals surface area contributed by atoms with Gasteiger partial charge in [0.15, 0.2) is 5.54 Å². The van der Waals surface area contributed by atoms with E-state index in [1.807, 2.05) is 19.1 Å². The van der Waals surface area contributed by atoms with Crippen LogP contribution in [0, 0.1) is 5.41 Å². The minimum Gasteiger partial charge on any atom is -0.491 e. The van der Waals surface area contributed by atoms with E-state index in [1.54, 1.807) is 37.3 Å². The van der Waals surface area contributed by atoms with Crippen LogP contribution in [0.4, 0.5) is 5.69 Å². The van der Waals surface area contributed by atoms with Gasteiger partial charge >= 0.3 is 5.97 Å². The largest absolute Gasteiger partial charge is 0.491 e. The fourth-order valence-electron chi connectivity index (χ4n) is 3.55. The lowest BCUT2D eigenvalue weighted by molar-refractivity contribution is -0.142. The van der Waals surface area contributed by atoms with Crippen molar-refractivity contribution in [3.8, 4) is 5.75 Å². The number of amidine groups is 1. The quantitative estimate of drug-likeness (QED) is 0.201. The summed E-state index contributed by atoms with van der Waals surface area (Å²) in [5.41, 5.74) is 7.50. The number of carbonyl (C=O) groups is 1. The number of hydrogen-bond donors (Lipinski definition) is 5. The summed E-state index contributed by atoms with van der Waals surface area (Å²) < 4.78 is 5.87. The summed E-state index contributed by atoms with van der Waals surface area (Å²) in [4.78, 5) is 12.7. The number of aliphatic hydroxyl groups excluding tert-OH is 1. The Labute approximate surface area is 183 Å². The van der Waals surface area contributed by atoms with Gasteiger partial charge in [-0.3, -0.25) is 5.41 Å². The number of benzene rings is 2. The molecule has 0 aliphatic heterocycles. The molecule has 2 rings (SSSR count). The van der Waals surface area contributed by atoms with Crippen LogP contribution >= 0.6 is 0 Å². The van der Waals surface area contributed by atoms with Gasteiger partial charge in [0.25, 0.3) is 0 Å². The van der Waals surface area contributed by atoms with Gasteiger partial charge in [-0.05, 0) is 60.7 Å². The van der Waals surface area contributed by atoms with Gasteiger partial charge in [-0.2, -0.15) is 0 Å². The molecule has 0 bridgehead atoms. The molecule has 0 saturated carbocycles. The lowest BCUT2D eigenvalue weighted by Gasteiger charge is -2.34. The van der Waals surface area contributed by atoms with Gasteiger partial charge in [0.2, 0.25) is 0 Å². The summed E-state index contributed by atoms with van der Waals surface area (Å²) in [6.45, 7) is 7.48. The van der Waals surface area contributed by atoms with Crippen LogP contribution in [-0.4, -0.2) is 35.2 Å². The van der Waals surface area contributed by atoms with Crippen molar-refractivity contribution in [2.24, 2.45) is 5.73 Å². The number of carboxylic acid groups (broad SMARTS) is 1. The number of ether oxygens (including phenoxy) is 1. The summed E-state index contributed by atoms with van der Waals surface area (Å²) in [7, 11) is 0. The molecule has 7 heteroatoms. The van der Waals surface area contributed by atoms with Crippen LogP contribution < -0.4 is 15.8 Å². The lowest BCUT2D eigenvalue weighted by Crippen LogP contribution is -2.43. The first-order chi connectivity index (χ1) is 14.8. The lowest BCUT2D eigenvalue weighted by atomic mass is 9.83. The minimum atomic E-state index is -1.47. The van der Waals surface area contributed by atoms with Crippen LogP contribution in [0.25, 0.3) is 0 Å². The van der Waals surface area contributed by atoms with Crippen molar-refractivity contribution in [2.45, 2.75) is 38.6 Å². The standard InChI is InChI=1S/C24H31N3O4/c1-4-7-18-14-16(5-2)15-20(21(18)31-13-12-28)24(6-3,23(29)30)27-19-10-8-17(9-11-19)22(25)26/h4,8-11,14-15,27-28H,1,5-7,12-13H2,2-3H3,(H3,25,26)(H,29,30). The van der Waals surface area contributed by atoms with Gasteiger partial charge in [-0.15, -0.1) is 6.58 Å². The predicted molar refractivity (Wildman–Crippen MR) is 123 cm³/mol. The van der Waals surface area contributed by atoms with Crippen molar-refractivity contribution in [3.63, 3.8) is 0 Å². The molecule has 0 saturated heterocycles. The molecule has 0 aliphatic rings. The van der Waals surface area contributed by atoms with E-state index in [4.69, 9.17) is 15.9 Å². The Morgan fingerprint density at radius 1 is 1.29 bits per heavy atom. The first-order valence-corrected chi connectivity index (χ1v) is 10.3. The summed E-state index contributed by atoms with van der Waals surface area (Å²) >= 11 is 0. The number of aliphatic carboxylic acids is 1. The highest BCUT2D eigenvalue weighted by atomic mass is 16.5. The third kappa shape index (κ3) is 5.24. The van der Waals surface area contributed by atoms with Crippen molar-refractivity contribution in [1.29, 1.82) is 5.41 Å². The Morgan fingerprint density at radius 3 is 2.45 bits per heavy atom. The van der Waals surface area contributed by atoms with E-state index in [0.717, 1.165) is 17.5 Å². The number of hydrogen-bond acceptors (Lipinski definition) is 5. The van der Waals surface area contributed by atoms with Crippen molar-refractivity contribution in [1.82, 2.24) is 0 Å². The van der Waals surface area contributed by atoms with E-state index < -0.39 is 11.5 Å². The summed E-state index contributed by atoms with van der Waals surface area (Å²) in [6.07, 6.45) is 3.22. The maximum absolute atomic E-state index is 12.7. The monoisotopic (exact) mass is 425 g/mol. The minimum absolute atomic E-state index is 0.0509. The molecular weight excluding hydrogens is 394 g/mol. The van der Waals surface area contributed by atoms with Gasteiger partial charge in [-0.1, -0.05) is 26.0 Å². The second kappa shape index (κ2) is 10.6. The average molecular weight is 426 g/mol. The Morgan fingerprint density at radius 2 is 1.97 bits per heavy atom. The molecule has 1 atom stereocenters. The Balaban J connectivity index is 2.70. The van der Waals surface area contributed by atoms with Gasteiger partial charge in [0.05, 0.1) is 6.61 Å². The maximum atomic E-state index is 12.7. The number of aryl methyl sites for hydroxylation is 1. The third-order valence-corrected chi connectivity index (χ3v) is 5.24. The Hall–Kier alpha value is -3.32. The van der Waals surface area contributed by atoms with Crippen LogP contribution in [0.15, 0.2) is 49.1 Å². The van der Waals surface area contributed by atoms with Crippen LogP contribution in [-0.2, 0) is 23.2 Å². The number of carboxylic acids is 1. The molecule has 6 N–H and O–H groups in total. The molecule has 0 radical (unpaired) electrons. The van der Waals surface area contributed by atoms with E-state index in [-0.39, 0.29) is 25.5 Å². The molecule has 0 aromatic heterocycles. The molecule has 2 aromatic carbocycles. The Bertz CT molecular complexity index is 941. The van der Waals surface area contributed by atoms with Crippen molar-refractivity contribution in [2.75, 3.05) is 18.5 Å².